The molecule has 0 aromatic rings. The number of aliphatic hydroxyl groups excluding tert-OH is 1. The van der Waals surface area contributed by atoms with Gasteiger partial charge in [-0.15, -0.1) is 0 Å². The van der Waals surface area contributed by atoms with E-state index in [1.54, 1.807) is 0 Å². The fraction of sp³-hybridized carbons (Fsp3) is 0.944. The van der Waals surface area contributed by atoms with E-state index in [1.807, 2.05) is 0 Å². The molecule has 0 spiro atoms. The van der Waals surface area contributed by atoms with E-state index in [9.17, 15) is 43.2 Å². The third-order valence-corrected chi connectivity index (χ3v) is 18.4. The lowest BCUT2D eigenvalue weighted by Crippen LogP contribution is -2.30. The number of hydrogen-bond acceptors (Lipinski definition) is 15. The summed E-state index contributed by atoms with van der Waals surface area (Å²) in [6.45, 7) is 7.17. The number of carbonyl (C=O) groups is 4. The molecule has 0 bridgehead atoms. The summed E-state index contributed by atoms with van der Waals surface area (Å²) in [6, 6.07) is 0. The van der Waals surface area contributed by atoms with E-state index in [0.29, 0.717) is 25.7 Å². The average Bonchev–Trinajstić information content (AvgIpc) is 3.67. The van der Waals surface area contributed by atoms with E-state index in [4.69, 9.17) is 37.0 Å². The fourth-order valence-electron chi connectivity index (χ4n) is 10.8. The molecule has 0 aromatic heterocycles. The van der Waals surface area contributed by atoms with Gasteiger partial charge in [-0.25, -0.2) is 9.13 Å². The van der Waals surface area contributed by atoms with Crippen LogP contribution in [-0.4, -0.2) is 96.7 Å². The van der Waals surface area contributed by atoms with E-state index >= 15 is 0 Å². The number of aliphatic hydroxyl groups is 1. The lowest BCUT2D eigenvalue weighted by molar-refractivity contribution is -0.161. The van der Waals surface area contributed by atoms with Crippen LogP contribution in [0.5, 0.6) is 0 Å². The molecule has 0 rings (SSSR count). The molecule has 19 heteroatoms. The van der Waals surface area contributed by atoms with Gasteiger partial charge in [0.1, 0.15) is 19.3 Å². The number of phosphoric acid groups is 2. The van der Waals surface area contributed by atoms with Crippen molar-refractivity contribution in [2.75, 3.05) is 39.6 Å². The second-order valence-corrected chi connectivity index (χ2v) is 29.0. The predicted octanol–water partition coefficient (Wildman–Crippen LogP) is 20.5. The van der Waals surface area contributed by atoms with Crippen LogP contribution in [0.3, 0.4) is 0 Å². The van der Waals surface area contributed by atoms with Gasteiger partial charge in [-0.1, -0.05) is 317 Å². The molecule has 0 aromatic carbocycles. The monoisotopic (exact) mass is 1320 g/mol. The first kappa shape index (κ1) is 88.1. The summed E-state index contributed by atoms with van der Waals surface area (Å²) in [7, 11) is -9.89. The SMILES string of the molecule is CCCCCCCCCCCCCCCCCCCCCCCCC(=O)O[C@H](COC(=O)CCCCCCCCCCCCC(C)C)COP(=O)(O)OC[C@@H](O)COP(=O)(O)OC[C@@H](COC(=O)CCCCCCCCC)OC(=O)CCCCCCCCCC. The largest absolute Gasteiger partial charge is 0.472 e. The maximum atomic E-state index is 13.0. The lowest BCUT2D eigenvalue weighted by Gasteiger charge is -2.21. The van der Waals surface area contributed by atoms with Crippen LogP contribution in [0.15, 0.2) is 0 Å². The summed E-state index contributed by atoms with van der Waals surface area (Å²) in [5.41, 5.74) is 0. The number of carbonyl (C=O) groups excluding carboxylic acids is 4. The highest BCUT2D eigenvalue weighted by Crippen LogP contribution is 2.45. The second kappa shape index (κ2) is 64.4. The van der Waals surface area contributed by atoms with Gasteiger partial charge in [0.15, 0.2) is 12.2 Å². The zero-order valence-corrected chi connectivity index (χ0v) is 60.1. The molecule has 0 aliphatic rings. The molecule has 0 fully saturated rings. The molecule has 2 unspecified atom stereocenters. The van der Waals surface area contributed by atoms with Crippen molar-refractivity contribution in [1.82, 2.24) is 0 Å². The van der Waals surface area contributed by atoms with Crippen molar-refractivity contribution in [3.8, 4) is 0 Å². The molecule has 17 nitrogen and oxygen atoms in total. The summed E-state index contributed by atoms with van der Waals surface area (Å²) in [6.07, 6.45) is 51.8. The lowest BCUT2D eigenvalue weighted by atomic mass is 10.0. The number of esters is 4. The van der Waals surface area contributed by atoms with Crippen LogP contribution in [0, 0.1) is 5.92 Å². The molecule has 0 aliphatic heterocycles. The van der Waals surface area contributed by atoms with Crippen LogP contribution in [0.1, 0.15) is 369 Å². The molecule has 3 N–H and O–H groups in total. The fourth-order valence-corrected chi connectivity index (χ4v) is 12.4. The van der Waals surface area contributed by atoms with Crippen LogP contribution in [0.25, 0.3) is 0 Å². The topological polar surface area (TPSA) is 237 Å². The van der Waals surface area contributed by atoms with Crippen molar-refractivity contribution in [3.63, 3.8) is 0 Å². The third kappa shape index (κ3) is 64.8. The van der Waals surface area contributed by atoms with Gasteiger partial charge in [0, 0.05) is 25.7 Å². The summed E-state index contributed by atoms with van der Waals surface area (Å²) < 4.78 is 68.1. The standard InChI is InChI=1S/C71H138O17P2/c1-6-9-12-15-18-20-21-22-23-24-25-26-27-28-29-30-31-32-37-42-47-52-57-71(76)88-67(61-82-69(74)55-50-45-41-36-34-33-35-39-43-48-53-64(4)5)63-86-90(79,80)84-59-65(72)58-83-89(77,78)85-62-66(60-81-68(73)54-49-44-38-17-14-11-8-3)87-70(75)56-51-46-40-19-16-13-10-7-2/h64-67,72H,6-63H2,1-5H3,(H,77,78)(H,79,80)/t65-,66+,67+/m0/s1. The predicted molar refractivity (Wildman–Crippen MR) is 363 cm³/mol. The molecule has 0 radical (unpaired) electrons. The number of ether oxygens (including phenoxy) is 4. The molecule has 90 heavy (non-hydrogen) atoms. The van der Waals surface area contributed by atoms with Crippen LogP contribution in [0.2, 0.25) is 0 Å². The third-order valence-electron chi connectivity index (χ3n) is 16.5. The average molecular weight is 1330 g/mol. The van der Waals surface area contributed by atoms with E-state index in [2.05, 4.69) is 34.6 Å². The molecule has 534 valence electrons. The van der Waals surface area contributed by atoms with Crippen molar-refractivity contribution in [1.29, 1.82) is 0 Å². The van der Waals surface area contributed by atoms with Crippen molar-refractivity contribution in [2.24, 2.45) is 5.92 Å². The molecule has 5 atom stereocenters. The van der Waals surface area contributed by atoms with Crippen LogP contribution >= 0.6 is 15.6 Å². The van der Waals surface area contributed by atoms with Crippen molar-refractivity contribution >= 4 is 39.5 Å². The van der Waals surface area contributed by atoms with Gasteiger partial charge in [0.25, 0.3) is 0 Å². The van der Waals surface area contributed by atoms with Gasteiger partial charge in [-0.2, -0.15) is 0 Å². The second-order valence-electron chi connectivity index (χ2n) is 26.1. The minimum absolute atomic E-state index is 0.105. The van der Waals surface area contributed by atoms with Crippen molar-refractivity contribution in [2.45, 2.75) is 387 Å². The maximum absolute atomic E-state index is 13.0. The minimum Gasteiger partial charge on any atom is -0.462 e. The zero-order chi connectivity index (χ0) is 66.3. The number of hydrogen-bond donors (Lipinski definition) is 3. The first-order valence-electron chi connectivity index (χ1n) is 37.1. The molecule has 0 saturated heterocycles. The Bertz CT molecular complexity index is 1740. The van der Waals surface area contributed by atoms with Crippen LogP contribution in [-0.2, 0) is 65.4 Å². The Kier molecular flexibility index (Phi) is 63.0. The van der Waals surface area contributed by atoms with E-state index in [1.165, 1.54) is 173 Å². The summed E-state index contributed by atoms with van der Waals surface area (Å²) in [5.74, 6) is -1.37. The first-order valence-corrected chi connectivity index (χ1v) is 40.1. The van der Waals surface area contributed by atoms with Gasteiger partial charge < -0.3 is 33.8 Å². The molecule has 0 aliphatic carbocycles. The number of unbranched alkanes of at least 4 members (excludes halogenated alkanes) is 43. The van der Waals surface area contributed by atoms with Crippen LogP contribution < -0.4 is 0 Å². The van der Waals surface area contributed by atoms with E-state index in [-0.39, 0.29) is 25.7 Å². The number of rotatable bonds is 71. The van der Waals surface area contributed by atoms with Gasteiger partial charge in [0.2, 0.25) is 0 Å². The van der Waals surface area contributed by atoms with E-state index < -0.39 is 97.5 Å². The van der Waals surface area contributed by atoms with Gasteiger partial charge in [-0.05, 0) is 31.6 Å². The smallest absolute Gasteiger partial charge is 0.462 e. The minimum atomic E-state index is -4.95. The molecule has 0 saturated carbocycles. The summed E-state index contributed by atoms with van der Waals surface area (Å²) in [4.78, 5) is 72.3. The maximum Gasteiger partial charge on any atom is 0.472 e. The van der Waals surface area contributed by atoms with Crippen molar-refractivity contribution < 1.29 is 80.2 Å². The number of phosphoric ester groups is 2. The Morgan fingerprint density at radius 1 is 0.300 bits per heavy atom. The summed E-state index contributed by atoms with van der Waals surface area (Å²) in [5, 5.41) is 10.6. The van der Waals surface area contributed by atoms with E-state index in [0.717, 1.165) is 115 Å². The highest BCUT2D eigenvalue weighted by atomic mass is 31.2. The van der Waals surface area contributed by atoms with Crippen LogP contribution in [0.4, 0.5) is 0 Å². The molecule has 0 amide bonds. The zero-order valence-electron chi connectivity index (χ0n) is 58.3. The summed E-state index contributed by atoms with van der Waals surface area (Å²) >= 11 is 0. The Labute approximate surface area is 549 Å². The highest BCUT2D eigenvalue weighted by molar-refractivity contribution is 7.47. The van der Waals surface area contributed by atoms with Gasteiger partial charge in [-0.3, -0.25) is 37.3 Å². The molecular formula is C71H138O17P2. The Morgan fingerprint density at radius 2 is 0.511 bits per heavy atom. The van der Waals surface area contributed by atoms with Crippen molar-refractivity contribution in [3.05, 3.63) is 0 Å². The Balaban J connectivity index is 5.10. The highest BCUT2D eigenvalue weighted by Gasteiger charge is 2.30. The Hall–Kier alpha value is -1.94. The first-order chi connectivity index (χ1) is 43.5. The quantitative estimate of drug-likeness (QED) is 0.0222. The Morgan fingerprint density at radius 3 is 0.756 bits per heavy atom. The molecular weight excluding hydrogens is 1190 g/mol. The normalized spacial score (nSPS) is 14.1. The van der Waals surface area contributed by atoms with Gasteiger partial charge in [0.05, 0.1) is 26.4 Å². The molecule has 0 heterocycles. The van der Waals surface area contributed by atoms with Gasteiger partial charge >= 0.3 is 39.5 Å².